The van der Waals surface area contributed by atoms with Crippen molar-refractivity contribution in [2.45, 2.75) is 10.5 Å². The second kappa shape index (κ2) is 10.7. The van der Waals surface area contributed by atoms with Crippen LogP contribution >= 0.6 is 24.2 Å². The zero-order chi connectivity index (χ0) is 15.7. The van der Waals surface area contributed by atoms with E-state index >= 15 is 0 Å². The van der Waals surface area contributed by atoms with Gasteiger partial charge in [-0.1, -0.05) is 0 Å². The maximum absolute atomic E-state index is 12.4. The molecule has 0 saturated heterocycles. The summed E-state index contributed by atoms with van der Waals surface area (Å²) in [6.45, 7) is 1.97. The Kier molecular flexibility index (Phi) is 10.2. The summed E-state index contributed by atoms with van der Waals surface area (Å²) in [6, 6.07) is 2.74. The summed E-state index contributed by atoms with van der Waals surface area (Å²) in [5.41, 5.74) is -4.57. The average Bonchev–Trinajstić information content (AvgIpc) is 2.41. The second-order valence-corrected chi connectivity index (χ2v) is 4.96. The molecule has 1 amide bonds. The summed E-state index contributed by atoms with van der Waals surface area (Å²) in [5.74, 6) is -0.580. The molecule has 0 aliphatic carbocycles. The van der Waals surface area contributed by atoms with Crippen LogP contribution in [0.25, 0.3) is 0 Å². The highest BCUT2D eigenvalue weighted by Gasteiger charge is 2.32. The standard InChI is InChI=1S/C12H16F3N3O2S.ClH/c1-20-8-7-16-5-6-17-10(19)9-3-2-4-18-11(9)21-12(13,14)15;/h2-4,16H,5-8H2,1H3,(H,17,19);1H. The minimum Gasteiger partial charge on any atom is -0.383 e. The summed E-state index contributed by atoms with van der Waals surface area (Å²) >= 11 is -0.398. The first kappa shape index (κ1) is 21.0. The molecule has 22 heavy (non-hydrogen) atoms. The van der Waals surface area contributed by atoms with E-state index in [1.54, 1.807) is 7.11 Å². The van der Waals surface area contributed by atoms with Gasteiger partial charge in [0.15, 0.2) is 0 Å². The van der Waals surface area contributed by atoms with Crippen molar-refractivity contribution < 1.29 is 22.7 Å². The summed E-state index contributed by atoms with van der Waals surface area (Å²) < 4.78 is 42.0. The molecule has 0 saturated carbocycles. The average molecular weight is 360 g/mol. The molecule has 126 valence electrons. The predicted molar refractivity (Wildman–Crippen MR) is 80.5 cm³/mol. The Morgan fingerprint density at radius 1 is 1.36 bits per heavy atom. The minimum absolute atomic E-state index is 0. The first-order chi connectivity index (χ1) is 9.94. The Hall–Kier alpha value is -1.03. The number of rotatable bonds is 8. The number of aromatic nitrogens is 1. The number of ether oxygens (including phenoxy) is 1. The third kappa shape index (κ3) is 8.42. The summed E-state index contributed by atoms with van der Waals surface area (Å²) in [4.78, 5) is 15.5. The first-order valence-electron chi connectivity index (χ1n) is 6.12. The lowest BCUT2D eigenvalue weighted by Gasteiger charge is -2.10. The second-order valence-electron chi connectivity index (χ2n) is 3.90. The van der Waals surface area contributed by atoms with Gasteiger partial charge in [-0.3, -0.25) is 4.79 Å². The van der Waals surface area contributed by atoms with Crippen LogP contribution in [0.5, 0.6) is 0 Å². The maximum atomic E-state index is 12.4. The number of halogens is 4. The molecule has 0 unspecified atom stereocenters. The lowest BCUT2D eigenvalue weighted by molar-refractivity contribution is -0.0329. The Morgan fingerprint density at radius 3 is 2.73 bits per heavy atom. The van der Waals surface area contributed by atoms with Crippen molar-refractivity contribution >= 4 is 30.1 Å². The highest BCUT2D eigenvalue weighted by Crippen LogP contribution is 2.37. The van der Waals surface area contributed by atoms with Gasteiger partial charge in [0, 0.05) is 44.7 Å². The van der Waals surface area contributed by atoms with Gasteiger partial charge in [-0.2, -0.15) is 13.2 Å². The third-order valence-electron chi connectivity index (χ3n) is 2.30. The van der Waals surface area contributed by atoms with Gasteiger partial charge in [-0.05, 0) is 12.1 Å². The van der Waals surface area contributed by atoms with Crippen LogP contribution in [0.3, 0.4) is 0 Å². The molecule has 0 radical (unpaired) electrons. The number of alkyl halides is 3. The number of carbonyl (C=O) groups excluding carboxylic acids is 1. The molecule has 5 nitrogen and oxygen atoms in total. The quantitative estimate of drug-likeness (QED) is 0.549. The van der Waals surface area contributed by atoms with Crippen LogP contribution < -0.4 is 10.6 Å². The van der Waals surface area contributed by atoms with Crippen LogP contribution in [0, 0.1) is 0 Å². The molecule has 1 aromatic rings. The van der Waals surface area contributed by atoms with E-state index in [1.165, 1.54) is 18.3 Å². The topological polar surface area (TPSA) is 63.2 Å². The normalized spacial score (nSPS) is 10.9. The fraction of sp³-hybridized carbons (Fsp3) is 0.500. The van der Waals surface area contributed by atoms with Gasteiger partial charge in [-0.25, -0.2) is 4.98 Å². The van der Waals surface area contributed by atoms with Gasteiger partial charge >= 0.3 is 5.51 Å². The molecule has 0 spiro atoms. The van der Waals surface area contributed by atoms with Crippen LogP contribution in [0.15, 0.2) is 23.4 Å². The smallest absolute Gasteiger partial charge is 0.383 e. The molecule has 1 rings (SSSR count). The van der Waals surface area contributed by atoms with Gasteiger partial charge in [0.1, 0.15) is 5.03 Å². The number of nitrogens with one attached hydrogen (secondary N) is 2. The van der Waals surface area contributed by atoms with Crippen molar-refractivity contribution in [2.75, 3.05) is 33.4 Å². The van der Waals surface area contributed by atoms with E-state index in [0.29, 0.717) is 26.2 Å². The number of carbonyl (C=O) groups is 1. The Labute approximate surface area is 136 Å². The Morgan fingerprint density at radius 2 is 2.09 bits per heavy atom. The molecule has 0 aliphatic heterocycles. The molecular weight excluding hydrogens is 343 g/mol. The van der Waals surface area contributed by atoms with Crippen LogP contribution in [0.2, 0.25) is 0 Å². The monoisotopic (exact) mass is 359 g/mol. The number of amides is 1. The minimum atomic E-state index is -4.48. The molecular formula is C12H17ClF3N3O2S. The number of hydrogen-bond acceptors (Lipinski definition) is 5. The van der Waals surface area contributed by atoms with Gasteiger partial charge in [-0.15, -0.1) is 12.4 Å². The molecule has 1 aromatic heterocycles. The summed E-state index contributed by atoms with van der Waals surface area (Å²) in [5, 5.41) is 5.19. The van der Waals surface area contributed by atoms with Gasteiger partial charge in [0.05, 0.1) is 12.2 Å². The van der Waals surface area contributed by atoms with E-state index in [2.05, 4.69) is 15.6 Å². The molecule has 2 N–H and O–H groups in total. The van der Waals surface area contributed by atoms with Crippen LogP contribution in [-0.4, -0.2) is 49.8 Å². The molecule has 0 aliphatic rings. The fourth-order valence-corrected chi connectivity index (χ4v) is 2.02. The number of thioether (sulfide) groups is 1. The zero-order valence-corrected chi connectivity index (χ0v) is 13.4. The summed E-state index contributed by atoms with van der Waals surface area (Å²) in [6.07, 6.45) is 1.22. The van der Waals surface area contributed by atoms with Crippen molar-refractivity contribution in [2.24, 2.45) is 0 Å². The van der Waals surface area contributed by atoms with Gasteiger partial charge in [0.2, 0.25) is 0 Å². The fourth-order valence-electron chi connectivity index (χ4n) is 1.41. The molecule has 10 heteroatoms. The van der Waals surface area contributed by atoms with E-state index in [4.69, 9.17) is 4.74 Å². The highest BCUT2D eigenvalue weighted by molar-refractivity contribution is 8.00. The Balaban J connectivity index is 0.00000441. The number of methoxy groups -OCH3 is 1. The molecule has 1 heterocycles. The van der Waals surface area contributed by atoms with E-state index < -0.39 is 23.2 Å². The molecule has 0 aromatic carbocycles. The first-order valence-corrected chi connectivity index (χ1v) is 6.94. The van der Waals surface area contributed by atoms with E-state index in [0.717, 1.165) is 0 Å². The third-order valence-corrected chi connectivity index (χ3v) is 3.05. The van der Waals surface area contributed by atoms with Crippen molar-refractivity contribution in [1.29, 1.82) is 0 Å². The zero-order valence-electron chi connectivity index (χ0n) is 11.8. The highest BCUT2D eigenvalue weighted by atomic mass is 35.5. The lowest BCUT2D eigenvalue weighted by Crippen LogP contribution is -2.33. The number of pyridine rings is 1. The van der Waals surface area contributed by atoms with Crippen molar-refractivity contribution in [3.63, 3.8) is 0 Å². The summed E-state index contributed by atoms with van der Waals surface area (Å²) in [7, 11) is 1.58. The largest absolute Gasteiger partial charge is 0.447 e. The Bertz CT molecular complexity index is 463. The van der Waals surface area contributed by atoms with Crippen molar-refractivity contribution in [3.8, 4) is 0 Å². The van der Waals surface area contributed by atoms with Crippen LogP contribution in [0.4, 0.5) is 13.2 Å². The van der Waals surface area contributed by atoms with Crippen molar-refractivity contribution in [3.05, 3.63) is 23.9 Å². The lowest BCUT2D eigenvalue weighted by atomic mass is 10.2. The number of hydrogen-bond donors (Lipinski definition) is 2. The van der Waals surface area contributed by atoms with Gasteiger partial charge < -0.3 is 15.4 Å². The van der Waals surface area contributed by atoms with E-state index in [9.17, 15) is 18.0 Å². The van der Waals surface area contributed by atoms with E-state index in [1.807, 2.05) is 0 Å². The molecule has 0 atom stereocenters. The maximum Gasteiger partial charge on any atom is 0.447 e. The van der Waals surface area contributed by atoms with Crippen LogP contribution in [-0.2, 0) is 4.74 Å². The van der Waals surface area contributed by atoms with Crippen LogP contribution in [0.1, 0.15) is 10.4 Å². The van der Waals surface area contributed by atoms with E-state index in [-0.39, 0.29) is 23.0 Å². The molecule has 0 bridgehead atoms. The molecule has 0 fully saturated rings. The number of nitrogens with zero attached hydrogens (tertiary/aromatic N) is 1. The SMILES string of the molecule is COCCNCCNC(=O)c1cccnc1SC(F)(F)F.Cl. The van der Waals surface area contributed by atoms with Crippen molar-refractivity contribution in [1.82, 2.24) is 15.6 Å². The van der Waals surface area contributed by atoms with Gasteiger partial charge in [0.25, 0.3) is 5.91 Å². The predicted octanol–water partition coefficient (Wildman–Crippen LogP) is 2.08.